The normalized spacial score (nSPS) is 10.5. The molecule has 0 saturated heterocycles. The van der Waals surface area contributed by atoms with Crippen molar-refractivity contribution < 1.29 is 4.79 Å². The van der Waals surface area contributed by atoms with Crippen molar-refractivity contribution in [2.45, 2.75) is 19.9 Å². The third-order valence-corrected chi connectivity index (χ3v) is 2.87. The van der Waals surface area contributed by atoms with Gasteiger partial charge >= 0.3 is 0 Å². The minimum atomic E-state index is 0.161. The van der Waals surface area contributed by atoms with Gasteiger partial charge in [0.25, 0.3) is 0 Å². The summed E-state index contributed by atoms with van der Waals surface area (Å²) in [5, 5.41) is 0.600. The van der Waals surface area contributed by atoms with Crippen molar-refractivity contribution in [2.24, 2.45) is 0 Å². The van der Waals surface area contributed by atoms with E-state index in [0.29, 0.717) is 18.1 Å². The summed E-state index contributed by atoms with van der Waals surface area (Å²) in [7, 11) is 0. The fourth-order valence-electron chi connectivity index (χ4n) is 1.76. The van der Waals surface area contributed by atoms with E-state index in [1.54, 1.807) is 19.4 Å². The molecule has 1 aromatic heterocycles. The zero-order valence-electron chi connectivity index (χ0n) is 9.56. The molecule has 17 heavy (non-hydrogen) atoms. The Morgan fingerprint density at radius 1 is 1.35 bits per heavy atom. The Kier molecular flexibility index (Phi) is 3.59. The molecule has 0 aliphatic rings. The molecule has 0 aliphatic heterocycles. The molecule has 4 heteroatoms. The number of hydrogen-bond acceptors (Lipinski definition) is 2. The van der Waals surface area contributed by atoms with Crippen LogP contribution in [0.2, 0.25) is 5.15 Å². The van der Waals surface area contributed by atoms with Crippen LogP contribution >= 0.6 is 11.6 Å². The van der Waals surface area contributed by atoms with Gasteiger partial charge in [-0.25, -0.2) is 4.98 Å². The van der Waals surface area contributed by atoms with Crippen LogP contribution in [0.4, 0.5) is 0 Å². The standard InChI is InChI=1S/C13H13ClN2O/c1-10(17)6-11-4-2-3-5-12(11)8-16-9-15-7-13(16)14/h2-5,7,9H,6,8H2,1H3. The molecule has 0 aliphatic carbocycles. The van der Waals surface area contributed by atoms with Gasteiger partial charge in [-0.3, -0.25) is 4.79 Å². The Bertz CT molecular complexity index is 534. The summed E-state index contributed by atoms with van der Waals surface area (Å²) in [4.78, 5) is 15.2. The number of imidazole rings is 1. The van der Waals surface area contributed by atoms with Gasteiger partial charge in [0.2, 0.25) is 0 Å². The van der Waals surface area contributed by atoms with Gasteiger partial charge < -0.3 is 4.57 Å². The molecule has 0 N–H and O–H groups in total. The number of carbonyl (C=O) groups is 1. The molecule has 3 nitrogen and oxygen atoms in total. The Labute approximate surface area is 105 Å². The fourth-order valence-corrected chi connectivity index (χ4v) is 1.92. The number of ketones is 1. The summed E-state index contributed by atoms with van der Waals surface area (Å²) in [5.74, 6) is 0.161. The minimum absolute atomic E-state index is 0.161. The molecule has 2 aromatic rings. The number of benzene rings is 1. The molecule has 2 rings (SSSR count). The average Bonchev–Trinajstić information content (AvgIpc) is 2.67. The quantitative estimate of drug-likeness (QED) is 0.834. The molecular formula is C13H13ClN2O. The molecule has 0 radical (unpaired) electrons. The molecule has 0 unspecified atom stereocenters. The van der Waals surface area contributed by atoms with Crippen molar-refractivity contribution in [3.05, 3.63) is 53.1 Å². The Hall–Kier alpha value is -1.61. The van der Waals surface area contributed by atoms with Crippen LogP contribution in [-0.4, -0.2) is 15.3 Å². The molecular weight excluding hydrogens is 236 g/mol. The van der Waals surface area contributed by atoms with Crippen LogP contribution in [0.1, 0.15) is 18.1 Å². The van der Waals surface area contributed by atoms with Gasteiger partial charge in [-0.05, 0) is 18.1 Å². The van der Waals surface area contributed by atoms with E-state index in [4.69, 9.17) is 11.6 Å². The largest absolute Gasteiger partial charge is 0.317 e. The summed E-state index contributed by atoms with van der Waals surface area (Å²) in [5.41, 5.74) is 2.15. The predicted molar refractivity (Wildman–Crippen MR) is 67.2 cm³/mol. The number of carbonyl (C=O) groups excluding carboxylic acids is 1. The van der Waals surface area contributed by atoms with Gasteiger partial charge in [-0.2, -0.15) is 0 Å². The lowest BCUT2D eigenvalue weighted by atomic mass is 10.0. The average molecular weight is 249 g/mol. The molecule has 88 valence electrons. The minimum Gasteiger partial charge on any atom is -0.317 e. The third-order valence-electron chi connectivity index (χ3n) is 2.56. The first-order valence-electron chi connectivity index (χ1n) is 5.38. The fraction of sp³-hybridized carbons (Fsp3) is 0.231. The lowest BCUT2D eigenvalue weighted by molar-refractivity contribution is -0.116. The molecule has 0 fully saturated rings. The summed E-state index contributed by atoms with van der Waals surface area (Å²) >= 11 is 5.98. The van der Waals surface area contributed by atoms with Gasteiger partial charge in [0.1, 0.15) is 10.9 Å². The van der Waals surface area contributed by atoms with Gasteiger partial charge in [0, 0.05) is 6.42 Å². The van der Waals surface area contributed by atoms with E-state index >= 15 is 0 Å². The summed E-state index contributed by atoms with van der Waals surface area (Å²) < 4.78 is 1.85. The first kappa shape index (κ1) is 11.9. The van der Waals surface area contributed by atoms with Crippen LogP contribution in [0.5, 0.6) is 0 Å². The SMILES string of the molecule is CC(=O)Cc1ccccc1Cn1cncc1Cl. The number of rotatable bonds is 4. The second-order valence-electron chi connectivity index (χ2n) is 3.99. The van der Waals surface area contributed by atoms with Gasteiger partial charge in [0.05, 0.1) is 19.1 Å². The predicted octanol–water partition coefficient (Wildman–Crippen LogP) is 2.72. The highest BCUT2D eigenvalue weighted by atomic mass is 35.5. The second-order valence-corrected chi connectivity index (χ2v) is 4.38. The van der Waals surface area contributed by atoms with Crippen LogP contribution in [-0.2, 0) is 17.8 Å². The van der Waals surface area contributed by atoms with Crippen molar-refractivity contribution in [3.63, 3.8) is 0 Å². The molecule has 0 spiro atoms. The molecule has 1 heterocycles. The highest BCUT2D eigenvalue weighted by molar-refractivity contribution is 6.29. The molecule has 0 bridgehead atoms. The third kappa shape index (κ3) is 2.94. The lowest BCUT2D eigenvalue weighted by Gasteiger charge is -2.09. The lowest BCUT2D eigenvalue weighted by Crippen LogP contribution is -2.05. The van der Waals surface area contributed by atoms with E-state index in [1.165, 1.54) is 0 Å². The van der Waals surface area contributed by atoms with E-state index in [1.807, 2.05) is 28.8 Å². The molecule has 1 aromatic carbocycles. The summed E-state index contributed by atoms with van der Waals surface area (Å²) in [6.07, 6.45) is 3.75. The van der Waals surface area contributed by atoms with Crippen molar-refractivity contribution in [1.29, 1.82) is 0 Å². The maximum atomic E-state index is 11.2. The number of halogens is 1. The van der Waals surface area contributed by atoms with Crippen LogP contribution in [0.25, 0.3) is 0 Å². The summed E-state index contributed by atoms with van der Waals surface area (Å²) in [6, 6.07) is 7.89. The maximum absolute atomic E-state index is 11.2. The zero-order chi connectivity index (χ0) is 12.3. The topological polar surface area (TPSA) is 34.9 Å². The van der Waals surface area contributed by atoms with E-state index in [-0.39, 0.29) is 5.78 Å². The van der Waals surface area contributed by atoms with Crippen molar-refractivity contribution in [1.82, 2.24) is 9.55 Å². The van der Waals surface area contributed by atoms with Gasteiger partial charge in [0.15, 0.2) is 0 Å². The first-order chi connectivity index (χ1) is 8.16. The number of aromatic nitrogens is 2. The Morgan fingerprint density at radius 3 is 2.65 bits per heavy atom. The first-order valence-corrected chi connectivity index (χ1v) is 5.76. The maximum Gasteiger partial charge on any atom is 0.134 e. The zero-order valence-corrected chi connectivity index (χ0v) is 10.3. The smallest absolute Gasteiger partial charge is 0.134 e. The highest BCUT2D eigenvalue weighted by Crippen LogP contribution is 2.15. The summed E-state index contributed by atoms with van der Waals surface area (Å²) in [6.45, 7) is 2.24. The van der Waals surface area contributed by atoms with Crippen molar-refractivity contribution in [3.8, 4) is 0 Å². The van der Waals surface area contributed by atoms with E-state index in [2.05, 4.69) is 4.98 Å². The van der Waals surface area contributed by atoms with E-state index in [9.17, 15) is 4.79 Å². The van der Waals surface area contributed by atoms with Crippen LogP contribution in [0.15, 0.2) is 36.8 Å². The van der Waals surface area contributed by atoms with Gasteiger partial charge in [-0.1, -0.05) is 35.9 Å². The number of nitrogens with zero attached hydrogens (tertiary/aromatic N) is 2. The van der Waals surface area contributed by atoms with Crippen LogP contribution in [0.3, 0.4) is 0 Å². The Morgan fingerprint density at radius 2 is 2.06 bits per heavy atom. The van der Waals surface area contributed by atoms with Gasteiger partial charge in [-0.15, -0.1) is 0 Å². The highest BCUT2D eigenvalue weighted by Gasteiger charge is 2.06. The molecule has 0 atom stereocenters. The number of hydrogen-bond donors (Lipinski definition) is 0. The monoisotopic (exact) mass is 248 g/mol. The van der Waals surface area contributed by atoms with Crippen molar-refractivity contribution in [2.75, 3.05) is 0 Å². The second kappa shape index (κ2) is 5.15. The van der Waals surface area contributed by atoms with E-state index < -0.39 is 0 Å². The number of Topliss-reactive ketones (excluding diaryl/α,β-unsaturated/α-hetero) is 1. The molecule has 0 amide bonds. The molecule has 0 saturated carbocycles. The van der Waals surface area contributed by atoms with Crippen LogP contribution < -0.4 is 0 Å². The van der Waals surface area contributed by atoms with E-state index in [0.717, 1.165) is 11.1 Å². The Balaban J connectivity index is 2.26. The van der Waals surface area contributed by atoms with Crippen LogP contribution in [0, 0.1) is 0 Å². The van der Waals surface area contributed by atoms with Crippen molar-refractivity contribution >= 4 is 17.4 Å².